The predicted octanol–water partition coefficient (Wildman–Crippen LogP) is 2.45. The van der Waals surface area contributed by atoms with Gasteiger partial charge in [0.25, 0.3) is 5.91 Å². The number of nitrogens with one attached hydrogen (secondary N) is 1. The minimum absolute atomic E-state index is 0.0941. The molecule has 2 heterocycles. The Morgan fingerprint density at radius 3 is 2.70 bits per heavy atom. The highest BCUT2D eigenvalue weighted by Crippen LogP contribution is 2.34. The van der Waals surface area contributed by atoms with Gasteiger partial charge in [0, 0.05) is 12.1 Å². The van der Waals surface area contributed by atoms with Crippen LogP contribution in [0.4, 0.5) is 0 Å². The third kappa shape index (κ3) is 3.02. The number of nitrogens with zero attached hydrogens (tertiary/aromatic N) is 2. The van der Waals surface area contributed by atoms with Gasteiger partial charge in [0.1, 0.15) is 0 Å². The number of nitrogens with two attached hydrogens (primary N) is 1. The SMILES string of the molecule is CC(C(=O)N1CCCCC1c1[nH]ncc1C(N)=O)=C1CCCC1. The van der Waals surface area contributed by atoms with Crippen molar-refractivity contribution in [1.82, 2.24) is 15.1 Å². The quantitative estimate of drug-likeness (QED) is 0.839. The fourth-order valence-electron chi connectivity index (χ4n) is 3.76. The minimum atomic E-state index is -0.502. The number of piperidine rings is 1. The van der Waals surface area contributed by atoms with Crippen LogP contribution in [0.1, 0.15) is 74.0 Å². The number of rotatable bonds is 3. The molecule has 1 aliphatic carbocycles. The van der Waals surface area contributed by atoms with Crippen molar-refractivity contribution >= 4 is 11.8 Å². The van der Waals surface area contributed by atoms with E-state index in [0.29, 0.717) is 17.8 Å². The van der Waals surface area contributed by atoms with Crippen LogP contribution in [0.25, 0.3) is 0 Å². The van der Waals surface area contributed by atoms with Crippen molar-refractivity contribution in [2.75, 3.05) is 6.54 Å². The number of carbonyl (C=O) groups excluding carboxylic acids is 2. The summed E-state index contributed by atoms with van der Waals surface area (Å²) >= 11 is 0. The van der Waals surface area contributed by atoms with Gasteiger partial charge in [-0.25, -0.2) is 0 Å². The van der Waals surface area contributed by atoms with Crippen molar-refractivity contribution in [2.45, 2.75) is 57.9 Å². The first-order valence-corrected chi connectivity index (χ1v) is 8.42. The molecule has 0 bridgehead atoms. The van der Waals surface area contributed by atoms with Gasteiger partial charge < -0.3 is 10.6 Å². The monoisotopic (exact) mass is 316 g/mol. The Balaban J connectivity index is 1.90. The van der Waals surface area contributed by atoms with Crippen molar-refractivity contribution in [3.63, 3.8) is 0 Å². The maximum atomic E-state index is 13.0. The average Bonchev–Trinajstić information content (AvgIpc) is 3.24. The fourth-order valence-corrected chi connectivity index (χ4v) is 3.76. The Kier molecular flexibility index (Phi) is 4.50. The standard InChI is InChI=1S/C17H24N4O2/c1-11(12-6-2-3-7-12)17(23)21-9-5-4-8-14(21)15-13(16(18)22)10-19-20-15/h10,14H,2-9H2,1H3,(H2,18,22)(H,19,20). The summed E-state index contributed by atoms with van der Waals surface area (Å²) in [4.78, 5) is 26.5. The number of primary amides is 1. The van der Waals surface area contributed by atoms with Gasteiger partial charge in [-0.05, 0) is 51.9 Å². The molecule has 2 aliphatic rings. The molecule has 3 N–H and O–H groups in total. The molecule has 0 radical (unpaired) electrons. The van der Waals surface area contributed by atoms with Gasteiger partial charge in [-0.3, -0.25) is 14.7 Å². The van der Waals surface area contributed by atoms with E-state index in [1.807, 2.05) is 11.8 Å². The van der Waals surface area contributed by atoms with E-state index in [1.54, 1.807) is 0 Å². The van der Waals surface area contributed by atoms with Crippen molar-refractivity contribution < 1.29 is 9.59 Å². The first-order valence-electron chi connectivity index (χ1n) is 8.42. The number of aromatic nitrogens is 2. The van der Waals surface area contributed by atoms with Crippen LogP contribution in [-0.4, -0.2) is 33.5 Å². The number of hydrogen-bond donors (Lipinski definition) is 2. The summed E-state index contributed by atoms with van der Waals surface area (Å²) in [5.74, 6) is -0.408. The highest BCUT2D eigenvalue weighted by molar-refractivity contribution is 5.96. The number of allylic oxidation sites excluding steroid dienone is 1. The predicted molar refractivity (Wildman–Crippen MR) is 86.6 cm³/mol. The van der Waals surface area contributed by atoms with Gasteiger partial charge in [-0.1, -0.05) is 5.57 Å². The van der Waals surface area contributed by atoms with E-state index in [1.165, 1.54) is 24.6 Å². The molecule has 1 unspecified atom stereocenters. The van der Waals surface area contributed by atoms with E-state index in [4.69, 9.17) is 5.73 Å². The molecule has 0 aromatic carbocycles. The van der Waals surface area contributed by atoms with Gasteiger partial charge in [0.2, 0.25) is 5.91 Å². The molecule has 3 rings (SSSR count). The molecule has 6 nitrogen and oxygen atoms in total. The molecule has 23 heavy (non-hydrogen) atoms. The molecular formula is C17H24N4O2. The molecule has 1 atom stereocenters. The zero-order valence-electron chi connectivity index (χ0n) is 13.6. The molecular weight excluding hydrogens is 292 g/mol. The van der Waals surface area contributed by atoms with Crippen molar-refractivity contribution in [1.29, 1.82) is 0 Å². The van der Waals surface area contributed by atoms with Crippen molar-refractivity contribution in [2.24, 2.45) is 5.73 Å². The van der Waals surface area contributed by atoms with Gasteiger partial charge in [-0.2, -0.15) is 5.10 Å². The van der Waals surface area contributed by atoms with Crippen LogP contribution in [0.15, 0.2) is 17.3 Å². The first-order chi connectivity index (χ1) is 11.1. The molecule has 2 amide bonds. The fraction of sp³-hybridized carbons (Fsp3) is 0.588. The second kappa shape index (κ2) is 6.56. The zero-order valence-corrected chi connectivity index (χ0v) is 13.6. The highest BCUT2D eigenvalue weighted by atomic mass is 16.2. The molecule has 0 spiro atoms. The second-order valence-electron chi connectivity index (χ2n) is 6.51. The van der Waals surface area contributed by atoms with Crippen LogP contribution in [0.2, 0.25) is 0 Å². The summed E-state index contributed by atoms with van der Waals surface area (Å²) in [6.45, 7) is 2.65. The summed E-state index contributed by atoms with van der Waals surface area (Å²) in [5.41, 5.74) is 8.67. The van der Waals surface area contributed by atoms with Crippen LogP contribution in [-0.2, 0) is 4.79 Å². The maximum absolute atomic E-state index is 13.0. The summed E-state index contributed by atoms with van der Waals surface area (Å²) in [5, 5.41) is 6.85. The number of hydrogen-bond acceptors (Lipinski definition) is 3. The lowest BCUT2D eigenvalue weighted by Crippen LogP contribution is -2.40. The van der Waals surface area contributed by atoms with E-state index >= 15 is 0 Å². The lowest BCUT2D eigenvalue weighted by atomic mass is 9.95. The van der Waals surface area contributed by atoms with E-state index in [0.717, 1.165) is 37.7 Å². The van der Waals surface area contributed by atoms with Crippen molar-refractivity contribution in [3.8, 4) is 0 Å². The molecule has 1 saturated carbocycles. The molecule has 2 fully saturated rings. The zero-order chi connectivity index (χ0) is 16.4. The average molecular weight is 316 g/mol. The molecule has 1 aliphatic heterocycles. The molecule has 1 saturated heterocycles. The van der Waals surface area contributed by atoms with Crippen LogP contribution in [0.3, 0.4) is 0 Å². The van der Waals surface area contributed by atoms with Crippen LogP contribution < -0.4 is 5.73 Å². The van der Waals surface area contributed by atoms with Gasteiger partial charge in [0.15, 0.2) is 0 Å². The molecule has 1 aromatic rings. The van der Waals surface area contributed by atoms with Crippen LogP contribution in [0, 0.1) is 0 Å². The lowest BCUT2D eigenvalue weighted by Gasteiger charge is -2.36. The smallest absolute Gasteiger partial charge is 0.252 e. The number of aromatic amines is 1. The van der Waals surface area contributed by atoms with Crippen LogP contribution >= 0.6 is 0 Å². The Morgan fingerprint density at radius 2 is 2.00 bits per heavy atom. The second-order valence-corrected chi connectivity index (χ2v) is 6.51. The third-order valence-corrected chi connectivity index (χ3v) is 5.09. The number of carbonyl (C=O) groups is 2. The molecule has 1 aromatic heterocycles. The topological polar surface area (TPSA) is 92.1 Å². The lowest BCUT2D eigenvalue weighted by molar-refractivity contribution is -0.131. The van der Waals surface area contributed by atoms with Gasteiger partial charge >= 0.3 is 0 Å². The number of likely N-dealkylation sites (tertiary alicyclic amines) is 1. The summed E-state index contributed by atoms with van der Waals surface area (Å²) in [6, 6.07) is -0.141. The molecule has 6 heteroatoms. The van der Waals surface area contributed by atoms with E-state index < -0.39 is 5.91 Å². The first kappa shape index (κ1) is 15.8. The number of amides is 2. The minimum Gasteiger partial charge on any atom is -0.365 e. The normalized spacial score (nSPS) is 21.5. The summed E-state index contributed by atoms with van der Waals surface area (Å²) in [6.07, 6.45) is 8.73. The number of H-pyrrole nitrogens is 1. The van der Waals surface area contributed by atoms with Gasteiger partial charge in [0.05, 0.1) is 23.5 Å². The van der Waals surface area contributed by atoms with Crippen molar-refractivity contribution in [3.05, 3.63) is 28.6 Å². The summed E-state index contributed by atoms with van der Waals surface area (Å²) < 4.78 is 0. The van der Waals surface area contributed by atoms with E-state index in [2.05, 4.69) is 10.2 Å². The Morgan fingerprint density at radius 1 is 1.26 bits per heavy atom. The Bertz CT molecular complexity index is 639. The Labute approximate surface area is 136 Å². The highest BCUT2D eigenvalue weighted by Gasteiger charge is 2.33. The van der Waals surface area contributed by atoms with E-state index in [-0.39, 0.29) is 11.9 Å². The summed E-state index contributed by atoms with van der Waals surface area (Å²) in [7, 11) is 0. The largest absolute Gasteiger partial charge is 0.365 e. The molecule has 124 valence electrons. The van der Waals surface area contributed by atoms with E-state index in [9.17, 15) is 9.59 Å². The van der Waals surface area contributed by atoms with Crippen LogP contribution in [0.5, 0.6) is 0 Å². The third-order valence-electron chi connectivity index (χ3n) is 5.09. The Hall–Kier alpha value is -2.11. The van der Waals surface area contributed by atoms with Gasteiger partial charge in [-0.15, -0.1) is 0 Å². The maximum Gasteiger partial charge on any atom is 0.252 e.